The molecule has 11 nitrogen and oxygen atoms in total. The summed E-state index contributed by atoms with van der Waals surface area (Å²) in [7, 11) is 1.41. The first-order valence-electron chi connectivity index (χ1n) is 12.4. The number of carboxylic acid groups (broad SMARTS) is 1. The minimum atomic E-state index is -1.37. The summed E-state index contributed by atoms with van der Waals surface area (Å²) in [6.07, 6.45) is 1.24. The molecule has 5 rings (SSSR count). The number of aryl methyl sites for hydroxylation is 1. The lowest BCUT2D eigenvalue weighted by molar-refractivity contribution is 0.0695. The molecule has 0 unspecified atom stereocenters. The average Bonchev–Trinajstić information content (AvgIpc) is 2.93. The molecule has 1 saturated heterocycles. The maximum absolute atomic E-state index is 15.2. The van der Waals surface area contributed by atoms with Crippen LogP contribution in [0.3, 0.4) is 0 Å². The van der Waals surface area contributed by atoms with E-state index in [-0.39, 0.29) is 16.9 Å². The van der Waals surface area contributed by atoms with Crippen molar-refractivity contribution >= 4 is 39.5 Å². The molecule has 0 atom stereocenters. The first kappa shape index (κ1) is 26.0. The summed E-state index contributed by atoms with van der Waals surface area (Å²) in [6.45, 7) is 4.32. The minimum absolute atomic E-state index is 0.0775. The number of rotatable bonds is 7. The number of nitrogens with zero attached hydrogens (tertiary/aromatic N) is 5. The number of halogens is 1. The van der Waals surface area contributed by atoms with Gasteiger partial charge >= 0.3 is 11.6 Å². The van der Waals surface area contributed by atoms with Crippen LogP contribution in [-0.2, 0) is 11.4 Å². The number of piperazine rings is 1. The molecular weight excluding hydrogens is 509 g/mol. The molecule has 0 spiro atoms. The van der Waals surface area contributed by atoms with Crippen molar-refractivity contribution in [2.24, 2.45) is 5.16 Å². The Labute approximate surface area is 221 Å². The van der Waals surface area contributed by atoms with E-state index in [1.165, 1.54) is 17.9 Å². The molecule has 1 aliphatic rings. The highest BCUT2D eigenvalue weighted by atomic mass is 19.1. The Hall–Kier alpha value is -4.58. The summed E-state index contributed by atoms with van der Waals surface area (Å²) >= 11 is 0. The molecule has 202 valence electrons. The smallest absolute Gasteiger partial charge is 0.345 e. The third-order valence-electron chi connectivity index (χ3n) is 6.75. The Morgan fingerprint density at radius 3 is 2.59 bits per heavy atom. The monoisotopic (exact) mass is 535 g/mol. The van der Waals surface area contributed by atoms with Crippen LogP contribution in [0.1, 0.15) is 22.8 Å². The molecular formula is C27H26FN5O6. The molecule has 1 aliphatic heterocycles. The number of para-hydroxylation sites is 1. The summed E-state index contributed by atoms with van der Waals surface area (Å²) in [4.78, 5) is 50.0. The first-order valence-corrected chi connectivity index (χ1v) is 12.4. The molecule has 1 N–H and O–H groups in total. The third-order valence-corrected chi connectivity index (χ3v) is 6.75. The predicted molar refractivity (Wildman–Crippen MR) is 143 cm³/mol. The molecule has 39 heavy (non-hydrogen) atoms. The Balaban J connectivity index is 1.37. The molecule has 1 aromatic carbocycles. The minimum Gasteiger partial charge on any atom is -0.477 e. The first-order chi connectivity index (χ1) is 18.8. The molecule has 0 bridgehead atoms. The van der Waals surface area contributed by atoms with E-state index in [4.69, 9.17) is 9.25 Å². The number of carboxylic acids is 1. The van der Waals surface area contributed by atoms with Crippen LogP contribution in [0.2, 0.25) is 0 Å². The van der Waals surface area contributed by atoms with E-state index in [1.807, 2.05) is 12.1 Å². The lowest BCUT2D eigenvalue weighted by Crippen LogP contribution is -2.49. The molecule has 4 heterocycles. The molecule has 0 aliphatic carbocycles. The second kappa shape index (κ2) is 10.7. The normalized spacial score (nSPS) is 14.7. The fourth-order valence-corrected chi connectivity index (χ4v) is 4.76. The van der Waals surface area contributed by atoms with E-state index in [0.29, 0.717) is 56.1 Å². The fourth-order valence-electron chi connectivity index (χ4n) is 4.76. The molecule has 12 heteroatoms. The highest BCUT2D eigenvalue weighted by molar-refractivity contribution is 6.03. The highest BCUT2D eigenvalue weighted by Gasteiger charge is 2.25. The van der Waals surface area contributed by atoms with Gasteiger partial charge in [0.25, 0.3) is 0 Å². The quantitative estimate of drug-likeness (QED) is 0.215. The van der Waals surface area contributed by atoms with Crippen molar-refractivity contribution in [3.8, 4) is 0 Å². The molecule has 0 saturated carbocycles. The lowest BCUT2D eigenvalue weighted by atomic mass is 10.1. The maximum Gasteiger partial charge on any atom is 0.345 e. The number of oxime groups is 1. The van der Waals surface area contributed by atoms with Crippen LogP contribution in [-0.4, -0.2) is 71.1 Å². The van der Waals surface area contributed by atoms with Gasteiger partial charge in [-0.05, 0) is 25.1 Å². The van der Waals surface area contributed by atoms with E-state index >= 15 is 4.39 Å². The predicted octanol–water partition coefficient (Wildman–Crippen LogP) is 2.53. The van der Waals surface area contributed by atoms with E-state index in [2.05, 4.69) is 15.0 Å². The van der Waals surface area contributed by atoms with Gasteiger partial charge in [0.15, 0.2) is 11.6 Å². The number of aromatic nitrogens is 2. The molecule has 4 aromatic rings. The second-order valence-corrected chi connectivity index (χ2v) is 9.10. The van der Waals surface area contributed by atoms with Crippen LogP contribution in [0.15, 0.2) is 61.8 Å². The summed E-state index contributed by atoms with van der Waals surface area (Å²) in [5, 5.41) is 14.1. The van der Waals surface area contributed by atoms with E-state index < -0.39 is 28.4 Å². The average molecular weight is 536 g/mol. The molecule has 0 amide bonds. The standard InChI is InChI=1S/C27H26FN5O6/c1-3-32-14-19(26(35)36)23(34)18-13-20(28)25(29-24(18)32)33-10-8-31(9-11-33)15-21(30-38-2)17-12-16-6-4-5-7-22(16)39-27(17)37/h4-7,12-14H,3,8-11,15H2,1-2H3,(H,35,36)/b30-21-. The fraction of sp³-hybridized carbons (Fsp3) is 0.296. The summed E-state index contributed by atoms with van der Waals surface area (Å²) in [6, 6.07) is 9.99. The Kier molecular flexibility index (Phi) is 7.11. The number of carbonyl (C=O) groups is 1. The van der Waals surface area contributed by atoms with Crippen molar-refractivity contribution < 1.29 is 23.5 Å². The van der Waals surface area contributed by atoms with Crippen LogP contribution in [0, 0.1) is 5.82 Å². The third kappa shape index (κ3) is 4.98. The van der Waals surface area contributed by atoms with Crippen molar-refractivity contribution in [3.63, 3.8) is 0 Å². The number of benzene rings is 1. The number of pyridine rings is 2. The topological polar surface area (TPSA) is 130 Å². The Bertz CT molecular complexity index is 1720. The zero-order valence-electron chi connectivity index (χ0n) is 21.4. The van der Waals surface area contributed by atoms with Crippen LogP contribution in [0.4, 0.5) is 10.2 Å². The van der Waals surface area contributed by atoms with Crippen molar-refractivity contribution in [1.29, 1.82) is 0 Å². The number of anilines is 1. The zero-order chi connectivity index (χ0) is 27.7. The van der Waals surface area contributed by atoms with E-state index in [0.717, 1.165) is 11.5 Å². The van der Waals surface area contributed by atoms with Gasteiger partial charge in [-0.2, -0.15) is 0 Å². The molecule has 0 radical (unpaired) electrons. The van der Waals surface area contributed by atoms with Crippen molar-refractivity contribution in [2.45, 2.75) is 13.5 Å². The molecule has 1 fully saturated rings. The van der Waals surface area contributed by atoms with Gasteiger partial charge in [-0.15, -0.1) is 0 Å². The van der Waals surface area contributed by atoms with Gasteiger partial charge in [0.2, 0.25) is 5.43 Å². The highest BCUT2D eigenvalue weighted by Crippen LogP contribution is 2.23. The van der Waals surface area contributed by atoms with Gasteiger partial charge in [-0.1, -0.05) is 23.4 Å². The van der Waals surface area contributed by atoms with Gasteiger partial charge < -0.3 is 23.8 Å². The number of hydrogen-bond acceptors (Lipinski definition) is 9. The number of aromatic carboxylic acids is 1. The summed E-state index contributed by atoms with van der Waals surface area (Å²) < 4.78 is 22.1. The summed E-state index contributed by atoms with van der Waals surface area (Å²) in [5.41, 5.74) is -0.286. The van der Waals surface area contributed by atoms with Crippen molar-refractivity contribution in [1.82, 2.24) is 14.5 Å². The van der Waals surface area contributed by atoms with Gasteiger partial charge in [0.1, 0.15) is 29.6 Å². The van der Waals surface area contributed by atoms with Gasteiger partial charge in [0.05, 0.1) is 10.9 Å². The molecule has 3 aromatic heterocycles. The van der Waals surface area contributed by atoms with Gasteiger partial charge in [-0.25, -0.2) is 19.0 Å². The zero-order valence-corrected chi connectivity index (χ0v) is 21.4. The van der Waals surface area contributed by atoms with Crippen LogP contribution in [0.5, 0.6) is 0 Å². The number of fused-ring (bicyclic) bond motifs is 2. The number of hydrogen-bond donors (Lipinski definition) is 1. The van der Waals surface area contributed by atoms with E-state index in [1.54, 1.807) is 30.0 Å². The maximum atomic E-state index is 15.2. The summed E-state index contributed by atoms with van der Waals surface area (Å²) in [5.74, 6) is -1.98. The van der Waals surface area contributed by atoms with Crippen molar-refractivity contribution in [2.75, 3.05) is 44.7 Å². The SMILES string of the molecule is CCn1cc(C(=O)O)c(=O)c2cc(F)c(N3CCN(C/C(=N/OC)c4cc5ccccc5oc4=O)CC3)nc21. The van der Waals surface area contributed by atoms with Crippen LogP contribution >= 0.6 is 0 Å². The second-order valence-electron chi connectivity index (χ2n) is 9.10. The van der Waals surface area contributed by atoms with Gasteiger partial charge in [-0.3, -0.25) is 9.69 Å². The van der Waals surface area contributed by atoms with Crippen molar-refractivity contribution in [3.05, 3.63) is 80.2 Å². The Morgan fingerprint density at radius 2 is 1.90 bits per heavy atom. The van der Waals surface area contributed by atoms with Crippen LogP contribution < -0.4 is 16.0 Å². The van der Waals surface area contributed by atoms with Gasteiger partial charge in [0, 0.05) is 50.9 Å². The van der Waals surface area contributed by atoms with Crippen LogP contribution in [0.25, 0.3) is 22.0 Å². The largest absolute Gasteiger partial charge is 0.477 e. The van der Waals surface area contributed by atoms with E-state index in [9.17, 15) is 19.5 Å². The lowest BCUT2D eigenvalue weighted by Gasteiger charge is -2.35. The Morgan fingerprint density at radius 1 is 1.15 bits per heavy atom.